The number of hydrogen-bond acceptors (Lipinski definition) is 4. The molecule has 1 aromatic heterocycles. The van der Waals surface area contributed by atoms with E-state index in [4.69, 9.17) is 0 Å². The van der Waals surface area contributed by atoms with Gasteiger partial charge < -0.3 is 5.32 Å². The molecule has 0 saturated carbocycles. The van der Waals surface area contributed by atoms with Crippen LogP contribution in [0.1, 0.15) is 16.1 Å². The number of rotatable bonds is 6. The summed E-state index contributed by atoms with van der Waals surface area (Å²) >= 11 is 0. The van der Waals surface area contributed by atoms with Crippen molar-refractivity contribution in [3.05, 3.63) is 96.2 Å². The van der Waals surface area contributed by atoms with E-state index in [-0.39, 0.29) is 10.8 Å². The number of benzene rings is 3. The summed E-state index contributed by atoms with van der Waals surface area (Å²) in [5.41, 5.74) is 3.42. The van der Waals surface area contributed by atoms with Crippen molar-refractivity contribution in [2.24, 2.45) is 0 Å². The standard InChI is InChI=1S/C23H20N4O3S/c1-16-12-13-18(14-20(16)27-31(29,30)19-10-6-3-7-11-19)24-23(28)22-15-21(25-26-22)17-8-4-2-5-9-17/h2-15,27H,1H3,(H,24,28)(H,25,26). The van der Waals surface area contributed by atoms with E-state index in [0.29, 0.717) is 22.8 Å². The van der Waals surface area contributed by atoms with Crippen molar-refractivity contribution in [3.63, 3.8) is 0 Å². The molecule has 3 N–H and O–H groups in total. The molecule has 0 spiro atoms. The molecule has 0 bridgehead atoms. The van der Waals surface area contributed by atoms with Crippen LogP contribution in [0.15, 0.2) is 89.8 Å². The van der Waals surface area contributed by atoms with Crippen molar-refractivity contribution in [2.45, 2.75) is 11.8 Å². The van der Waals surface area contributed by atoms with Crippen LogP contribution in [0, 0.1) is 6.92 Å². The third-order valence-electron chi connectivity index (χ3n) is 4.69. The number of sulfonamides is 1. The largest absolute Gasteiger partial charge is 0.321 e. The van der Waals surface area contributed by atoms with Gasteiger partial charge in [-0.3, -0.25) is 14.6 Å². The highest BCUT2D eigenvalue weighted by atomic mass is 32.2. The summed E-state index contributed by atoms with van der Waals surface area (Å²) in [6.45, 7) is 1.79. The number of carbonyl (C=O) groups is 1. The predicted molar refractivity (Wildman–Crippen MR) is 120 cm³/mol. The minimum atomic E-state index is -3.74. The first kappa shape index (κ1) is 20.4. The van der Waals surface area contributed by atoms with Gasteiger partial charge in [-0.2, -0.15) is 5.10 Å². The highest BCUT2D eigenvalue weighted by Crippen LogP contribution is 2.24. The molecule has 0 atom stereocenters. The fourth-order valence-corrected chi connectivity index (χ4v) is 4.15. The van der Waals surface area contributed by atoms with Gasteiger partial charge >= 0.3 is 0 Å². The second kappa shape index (κ2) is 8.45. The van der Waals surface area contributed by atoms with Crippen molar-refractivity contribution >= 4 is 27.3 Å². The van der Waals surface area contributed by atoms with Crippen LogP contribution in [0.4, 0.5) is 11.4 Å². The molecule has 8 heteroatoms. The molecule has 4 rings (SSSR count). The Morgan fingerprint density at radius 2 is 1.58 bits per heavy atom. The third-order valence-corrected chi connectivity index (χ3v) is 6.07. The molecule has 156 valence electrons. The maximum atomic E-state index is 12.6. The number of aromatic amines is 1. The van der Waals surface area contributed by atoms with Gasteiger partial charge in [0.15, 0.2) is 0 Å². The molecule has 3 aromatic carbocycles. The molecule has 4 aromatic rings. The number of anilines is 2. The number of H-pyrrole nitrogens is 1. The first-order valence-corrected chi connectivity index (χ1v) is 11.0. The highest BCUT2D eigenvalue weighted by molar-refractivity contribution is 7.92. The highest BCUT2D eigenvalue weighted by Gasteiger charge is 2.16. The van der Waals surface area contributed by atoms with E-state index in [2.05, 4.69) is 20.2 Å². The third kappa shape index (κ3) is 4.65. The summed E-state index contributed by atoms with van der Waals surface area (Å²) in [6, 6.07) is 24.3. The van der Waals surface area contributed by atoms with Gasteiger partial charge in [0.25, 0.3) is 15.9 Å². The first-order chi connectivity index (χ1) is 14.9. The van der Waals surface area contributed by atoms with Crippen LogP contribution in [0.2, 0.25) is 0 Å². The average molecular weight is 433 g/mol. The van der Waals surface area contributed by atoms with Gasteiger partial charge in [-0.05, 0) is 42.8 Å². The summed E-state index contributed by atoms with van der Waals surface area (Å²) in [6.07, 6.45) is 0. The van der Waals surface area contributed by atoms with E-state index >= 15 is 0 Å². The quantitative estimate of drug-likeness (QED) is 0.419. The van der Waals surface area contributed by atoms with Gasteiger partial charge in [-0.15, -0.1) is 0 Å². The Kier molecular flexibility index (Phi) is 5.55. The zero-order valence-corrected chi connectivity index (χ0v) is 17.5. The Morgan fingerprint density at radius 1 is 0.903 bits per heavy atom. The number of carbonyl (C=O) groups excluding carboxylic acids is 1. The second-order valence-electron chi connectivity index (χ2n) is 6.94. The molecule has 31 heavy (non-hydrogen) atoms. The number of nitrogens with one attached hydrogen (secondary N) is 3. The van der Waals surface area contributed by atoms with E-state index in [1.165, 1.54) is 12.1 Å². The van der Waals surface area contributed by atoms with E-state index in [1.807, 2.05) is 30.3 Å². The Bertz CT molecular complexity index is 1320. The Hall–Kier alpha value is -3.91. The smallest absolute Gasteiger partial charge is 0.273 e. The monoisotopic (exact) mass is 432 g/mol. The number of aromatic nitrogens is 2. The maximum Gasteiger partial charge on any atom is 0.273 e. The molecule has 0 aliphatic rings. The van der Waals surface area contributed by atoms with Gasteiger partial charge in [0.05, 0.1) is 16.3 Å². The van der Waals surface area contributed by atoms with Crippen LogP contribution >= 0.6 is 0 Å². The van der Waals surface area contributed by atoms with Gasteiger partial charge in [-0.25, -0.2) is 8.42 Å². The molecule has 0 aliphatic heterocycles. The average Bonchev–Trinajstić information content (AvgIpc) is 3.28. The van der Waals surface area contributed by atoms with E-state index in [0.717, 1.165) is 11.1 Å². The van der Waals surface area contributed by atoms with Crippen molar-refractivity contribution in [1.82, 2.24) is 10.2 Å². The van der Waals surface area contributed by atoms with Gasteiger partial charge in [0.1, 0.15) is 5.69 Å². The minimum Gasteiger partial charge on any atom is -0.321 e. The van der Waals surface area contributed by atoms with Crippen molar-refractivity contribution in [2.75, 3.05) is 10.0 Å². The van der Waals surface area contributed by atoms with Crippen molar-refractivity contribution in [3.8, 4) is 11.3 Å². The lowest BCUT2D eigenvalue weighted by Gasteiger charge is -2.13. The molecule has 0 saturated heterocycles. The summed E-state index contributed by atoms with van der Waals surface area (Å²) in [5, 5.41) is 9.69. The van der Waals surface area contributed by atoms with Gasteiger partial charge in [0.2, 0.25) is 0 Å². The van der Waals surface area contributed by atoms with Crippen LogP contribution in [-0.2, 0) is 10.0 Å². The molecule has 0 unspecified atom stereocenters. The van der Waals surface area contributed by atoms with Crippen molar-refractivity contribution in [1.29, 1.82) is 0 Å². The fourth-order valence-electron chi connectivity index (χ4n) is 3.01. The van der Waals surface area contributed by atoms with Gasteiger partial charge in [0, 0.05) is 11.3 Å². The summed E-state index contributed by atoms with van der Waals surface area (Å²) < 4.78 is 27.9. The first-order valence-electron chi connectivity index (χ1n) is 9.53. The van der Waals surface area contributed by atoms with E-state index < -0.39 is 10.0 Å². The zero-order valence-electron chi connectivity index (χ0n) is 16.7. The fraction of sp³-hybridized carbons (Fsp3) is 0.0435. The topological polar surface area (TPSA) is 104 Å². The lowest BCUT2D eigenvalue weighted by molar-refractivity contribution is 0.102. The molecule has 1 amide bonds. The molecular weight excluding hydrogens is 412 g/mol. The second-order valence-corrected chi connectivity index (χ2v) is 8.62. The normalized spacial score (nSPS) is 11.1. The summed E-state index contributed by atoms with van der Waals surface area (Å²) in [7, 11) is -3.74. The minimum absolute atomic E-state index is 0.162. The number of hydrogen-bond donors (Lipinski definition) is 3. The Labute approximate surface area is 180 Å². The number of nitrogens with zero attached hydrogens (tertiary/aromatic N) is 1. The summed E-state index contributed by atoms with van der Waals surface area (Å²) in [5.74, 6) is -0.379. The van der Waals surface area contributed by atoms with Crippen molar-refractivity contribution < 1.29 is 13.2 Å². The Balaban J connectivity index is 1.52. The number of aryl methyl sites for hydroxylation is 1. The lowest BCUT2D eigenvalue weighted by atomic mass is 10.1. The molecule has 0 aliphatic carbocycles. The molecule has 1 heterocycles. The Morgan fingerprint density at radius 3 is 2.29 bits per heavy atom. The van der Waals surface area contributed by atoms with Crippen LogP contribution in [-0.4, -0.2) is 24.5 Å². The van der Waals surface area contributed by atoms with E-state index in [9.17, 15) is 13.2 Å². The molecule has 7 nitrogen and oxygen atoms in total. The summed E-state index contributed by atoms with van der Waals surface area (Å²) in [4.78, 5) is 12.8. The van der Waals surface area contributed by atoms with Crippen LogP contribution in [0.5, 0.6) is 0 Å². The molecule has 0 fully saturated rings. The van der Waals surface area contributed by atoms with Crippen LogP contribution in [0.25, 0.3) is 11.3 Å². The molecule has 0 radical (unpaired) electrons. The van der Waals surface area contributed by atoms with Gasteiger partial charge in [-0.1, -0.05) is 54.6 Å². The number of amides is 1. The maximum absolute atomic E-state index is 12.6. The van der Waals surface area contributed by atoms with Crippen LogP contribution < -0.4 is 10.0 Å². The van der Waals surface area contributed by atoms with Crippen LogP contribution in [0.3, 0.4) is 0 Å². The van der Waals surface area contributed by atoms with E-state index in [1.54, 1.807) is 49.4 Å². The SMILES string of the molecule is Cc1ccc(NC(=O)c2cc(-c3ccccc3)n[nH]2)cc1NS(=O)(=O)c1ccccc1. The predicted octanol–water partition coefficient (Wildman–Crippen LogP) is 4.44. The zero-order chi connectivity index (χ0) is 21.8. The lowest BCUT2D eigenvalue weighted by Crippen LogP contribution is -2.15. The molecular formula is C23H20N4O3S.